The van der Waals surface area contributed by atoms with Crippen LogP contribution in [0.2, 0.25) is 0 Å². The Morgan fingerprint density at radius 3 is 2.75 bits per heavy atom. The van der Waals surface area contributed by atoms with E-state index in [4.69, 9.17) is 21.4 Å². The van der Waals surface area contributed by atoms with E-state index in [9.17, 15) is 4.79 Å². The van der Waals surface area contributed by atoms with E-state index in [2.05, 4.69) is 4.74 Å². The van der Waals surface area contributed by atoms with Gasteiger partial charge in [0, 0.05) is 11.6 Å². The molecule has 0 aromatic rings. The molecule has 0 aromatic carbocycles. The Bertz CT molecular complexity index is 146. The zero-order chi connectivity index (χ0) is 9.23. The molecule has 0 heterocycles. The fraction of sp³-hybridized carbons (Fsp3) is 0.571. The summed E-state index contributed by atoms with van der Waals surface area (Å²) in [5, 5.41) is 8.30. The van der Waals surface area contributed by atoms with Crippen molar-refractivity contribution in [2.45, 2.75) is 0 Å². The normalized spacial score (nSPS) is 10.5. The van der Waals surface area contributed by atoms with Gasteiger partial charge in [0.25, 0.3) is 0 Å². The first-order chi connectivity index (χ1) is 5.81. The van der Waals surface area contributed by atoms with Crippen LogP contribution in [-0.2, 0) is 14.3 Å². The Kier molecular flexibility index (Phi) is 8.10. The maximum absolute atomic E-state index is 10.6. The smallest absolute Gasteiger partial charge is 0.331 e. The third-order valence-electron chi connectivity index (χ3n) is 0.907. The third-order valence-corrected chi connectivity index (χ3v) is 1.03. The van der Waals surface area contributed by atoms with Gasteiger partial charge in [-0.1, -0.05) is 11.6 Å². The minimum absolute atomic E-state index is 0.0322. The monoisotopic (exact) mass is 194 g/mol. The van der Waals surface area contributed by atoms with Gasteiger partial charge in [-0.2, -0.15) is 0 Å². The van der Waals surface area contributed by atoms with Crippen molar-refractivity contribution < 1.29 is 19.4 Å². The zero-order valence-corrected chi connectivity index (χ0v) is 7.29. The van der Waals surface area contributed by atoms with Crippen molar-refractivity contribution in [3.05, 3.63) is 11.6 Å². The molecule has 0 aliphatic heterocycles. The van der Waals surface area contributed by atoms with Crippen molar-refractivity contribution in [3.8, 4) is 0 Å². The summed E-state index contributed by atoms with van der Waals surface area (Å²) < 4.78 is 9.44. The summed E-state index contributed by atoms with van der Waals surface area (Å²) in [6.07, 6.45) is 1.10. The van der Waals surface area contributed by atoms with Crippen LogP contribution in [-0.4, -0.2) is 37.5 Å². The van der Waals surface area contributed by atoms with Crippen molar-refractivity contribution in [2.24, 2.45) is 0 Å². The molecular weight excluding hydrogens is 184 g/mol. The number of hydrogen-bond acceptors (Lipinski definition) is 4. The highest BCUT2D eigenvalue weighted by molar-refractivity contribution is 6.26. The molecule has 4 nitrogen and oxygen atoms in total. The second-order valence-corrected chi connectivity index (χ2v) is 2.05. The van der Waals surface area contributed by atoms with Gasteiger partial charge in [-0.15, -0.1) is 0 Å². The van der Waals surface area contributed by atoms with E-state index in [0.29, 0.717) is 0 Å². The van der Waals surface area contributed by atoms with Gasteiger partial charge in [0.1, 0.15) is 6.61 Å². The lowest BCUT2D eigenvalue weighted by atomic mass is 10.6. The molecule has 0 saturated carbocycles. The summed E-state index contributed by atoms with van der Waals surface area (Å²) in [6.45, 7) is 0.668. The predicted molar refractivity (Wildman–Crippen MR) is 43.9 cm³/mol. The first kappa shape index (κ1) is 11.4. The van der Waals surface area contributed by atoms with Gasteiger partial charge in [-0.05, 0) is 0 Å². The van der Waals surface area contributed by atoms with Gasteiger partial charge < -0.3 is 14.6 Å². The van der Waals surface area contributed by atoms with Crippen molar-refractivity contribution in [2.75, 3.05) is 26.4 Å². The van der Waals surface area contributed by atoms with Crippen LogP contribution in [0.3, 0.4) is 0 Å². The Morgan fingerprint density at radius 2 is 2.17 bits per heavy atom. The molecule has 0 bridgehead atoms. The molecule has 0 amide bonds. The van der Waals surface area contributed by atoms with Crippen LogP contribution in [0.1, 0.15) is 0 Å². The number of halogens is 1. The van der Waals surface area contributed by atoms with Gasteiger partial charge in [-0.3, -0.25) is 0 Å². The van der Waals surface area contributed by atoms with Gasteiger partial charge in [0.05, 0.1) is 19.8 Å². The van der Waals surface area contributed by atoms with Crippen LogP contribution < -0.4 is 0 Å². The fourth-order valence-corrected chi connectivity index (χ4v) is 0.570. The highest BCUT2D eigenvalue weighted by Crippen LogP contribution is 1.84. The summed E-state index contributed by atoms with van der Waals surface area (Å²) in [4.78, 5) is 10.6. The van der Waals surface area contributed by atoms with Crippen molar-refractivity contribution in [1.82, 2.24) is 0 Å². The molecule has 70 valence electrons. The molecule has 12 heavy (non-hydrogen) atoms. The average Bonchev–Trinajstić information content (AvgIpc) is 2.05. The van der Waals surface area contributed by atoms with Gasteiger partial charge in [-0.25, -0.2) is 4.79 Å². The van der Waals surface area contributed by atoms with Crippen LogP contribution in [0.4, 0.5) is 0 Å². The van der Waals surface area contributed by atoms with Crippen molar-refractivity contribution in [3.63, 3.8) is 0 Å². The second kappa shape index (κ2) is 8.52. The fourth-order valence-electron chi connectivity index (χ4n) is 0.467. The number of carbonyl (C=O) groups excluding carboxylic acids is 1. The Morgan fingerprint density at radius 1 is 1.42 bits per heavy atom. The largest absolute Gasteiger partial charge is 0.460 e. The number of hydrogen-bond donors (Lipinski definition) is 1. The maximum atomic E-state index is 10.6. The van der Waals surface area contributed by atoms with E-state index in [0.717, 1.165) is 11.6 Å². The van der Waals surface area contributed by atoms with Gasteiger partial charge in [0.2, 0.25) is 0 Å². The Labute approximate surface area is 75.7 Å². The van der Waals surface area contributed by atoms with E-state index in [1.165, 1.54) is 0 Å². The van der Waals surface area contributed by atoms with Crippen molar-refractivity contribution >= 4 is 17.6 Å². The Balaban J connectivity index is 3.14. The summed E-state index contributed by atoms with van der Waals surface area (Å²) in [5.41, 5.74) is 1.08. The molecule has 0 unspecified atom stereocenters. The lowest BCUT2D eigenvalue weighted by molar-refractivity contribution is -0.139. The van der Waals surface area contributed by atoms with Gasteiger partial charge >= 0.3 is 5.97 Å². The molecule has 5 heteroatoms. The van der Waals surface area contributed by atoms with Crippen LogP contribution in [0.5, 0.6) is 0 Å². The summed E-state index contributed by atoms with van der Waals surface area (Å²) in [7, 11) is 0. The quantitative estimate of drug-likeness (QED) is 0.375. The van der Waals surface area contributed by atoms with Crippen LogP contribution >= 0.6 is 11.6 Å². The molecule has 0 aliphatic rings. The van der Waals surface area contributed by atoms with E-state index >= 15 is 0 Å². The summed E-state index contributed by atoms with van der Waals surface area (Å²) in [5.74, 6) is -0.502. The maximum Gasteiger partial charge on any atom is 0.331 e. The first-order valence-electron chi connectivity index (χ1n) is 3.43. The van der Waals surface area contributed by atoms with Crippen LogP contribution in [0.25, 0.3) is 0 Å². The number of aliphatic hydroxyl groups excluding tert-OH is 1. The third kappa shape index (κ3) is 7.53. The highest BCUT2D eigenvalue weighted by Gasteiger charge is 1.94. The van der Waals surface area contributed by atoms with Crippen molar-refractivity contribution in [1.29, 1.82) is 0 Å². The summed E-state index contributed by atoms with van der Waals surface area (Å²) >= 11 is 5.11. The highest BCUT2D eigenvalue weighted by atomic mass is 35.5. The topological polar surface area (TPSA) is 55.8 Å². The molecule has 0 radical (unpaired) electrons. The van der Waals surface area contributed by atoms with E-state index in [-0.39, 0.29) is 26.4 Å². The zero-order valence-electron chi connectivity index (χ0n) is 6.53. The number of aliphatic hydroxyl groups is 1. The van der Waals surface area contributed by atoms with E-state index in [1.54, 1.807) is 0 Å². The molecule has 0 fully saturated rings. The molecule has 0 aromatic heterocycles. The lowest BCUT2D eigenvalue weighted by Gasteiger charge is -2.01. The molecule has 0 atom stereocenters. The second-order valence-electron chi connectivity index (χ2n) is 1.80. The molecular formula is C7H11ClO4. The minimum Gasteiger partial charge on any atom is -0.460 e. The predicted octanol–water partition coefficient (Wildman–Crippen LogP) is 0.291. The van der Waals surface area contributed by atoms with E-state index < -0.39 is 5.97 Å². The van der Waals surface area contributed by atoms with E-state index in [1.807, 2.05) is 0 Å². The molecule has 1 N–H and O–H groups in total. The SMILES string of the molecule is O=C(C=CCl)OCCOCCO. The minimum atomic E-state index is -0.502. The van der Waals surface area contributed by atoms with Gasteiger partial charge in [0.15, 0.2) is 0 Å². The molecule has 0 spiro atoms. The standard InChI is InChI=1S/C7H11ClO4/c8-2-1-7(10)12-6-5-11-4-3-9/h1-2,9H,3-6H2. The van der Waals surface area contributed by atoms with Crippen LogP contribution in [0, 0.1) is 0 Å². The average molecular weight is 195 g/mol. The number of esters is 1. The number of ether oxygens (including phenoxy) is 2. The summed E-state index contributed by atoms with van der Waals surface area (Å²) in [6, 6.07) is 0. The lowest BCUT2D eigenvalue weighted by Crippen LogP contribution is -2.10. The first-order valence-corrected chi connectivity index (χ1v) is 3.87. The molecule has 0 aliphatic carbocycles. The molecule has 0 saturated heterocycles. The van der Waals surface area contributed by atoms with Crippen LogP contribution in [0.15, 0.2) is 11.6 Å². The number of carbonyl (C=O) groups is 1. The Hall–Kier alpha value is -0.580. The molecule has 0 rings (SSSR count). The number of rotatable bonds is 6.